The van der Waals surface area contributed by atoms with Crippen molar-refractivity contribution in [2.45, 2.75) is 57.2 Å². The molecule has 1 unspecified atom stereocenters. The monoisotopic (exact) mass is 403 g/mol. The standard InChI is InChI=1S/C25H25NO4/c1-15-12-21(16(2)11-20(15)18-6-4-5-17(13-18)14-26)22-23(27)25(30-24(22)28)9-7-19(29-3)8-10-25/h4-6,11-13,19,22H,7-10H2,1-3H3. The highest BCUT2D eigenvalue weighted by Crippen LogP contribution is 2.45. The van der Waals surface area contributed by atoms with E-state index in [-0.39, 0.29) is 11.9 Å². The number of aryl methyl sites for hydroxylation is 2. The van der Waals surface area contributed by atoms with Gasteiger partial charge < -0.3 is 9.47 Å². The predicted molar refractivity (Wildman–Crippen MR) is 112 cm³/mol. The first-order chi connectivity index (χ1) is 14.4. The van der Waals surface area contributed by atoms with Gasteiger partial charge in [-0.05, 0) is 79.5 Å². The minimum absolute atomic E-state index is 0.119. The number of hydrogen-bond donors (Lipinski definition) is 0. The van der Waals surface area contributed by atoms with Crippen LogP contribution in [0.5, 0.6) is 0 Å². The zero-order valence-corrected chi connectivity index (χ0v) is 17.5. The fraction of sp³-hybridized carbons (Fsp3) is 0.400. The van der Waals surface area contributed by atoms with E-state index in [1.165, 1.54) is 0 Å². The average Bonchev–Trinajstić information content (AvgIpc) is 2.99. The van der Waals surface area contributed by atoms with Crippen LogP contribution < -0.4 is 0 Å². The minimum atomic E-state index is -1.00. The van der Waals surface area contributed by atoms with Crippen LogP contribution in [0.3, 0.4) is 0 Å². The fourth-order valence-electron chi connectivity index (χ4n) is 4.80. The molecule has 2 aliphatic rings. The Hall–Kier alpha value is -2.97. The Morgan fingerprint density at radius 3 is 2.50 bits per heavy atom. The van der Waals surface area contributed by atoms with Crippen molar-refractivity contribution in [3.05, 3.63) is 58.7 Å². The van der Waals surface area contributed by atoms with Gasteiger partial charge in [0.05, 0.1) is 17.7 Å². The van der Waals surface area contributed by atoms with Gasteiger partial charge in [0.25, 0.3) is 0 Å². The summed E-state index contributed by atoms with van der Waals surface area (Å²) in [5, 5.41) is 9.19. The fourth-order valence-corrected chi connectivity index (χ4v) is 4.80. The number of methoxy groups -OCH3 is 1. The average molecular weight is 403 g/mol. The van der Waals surface area contributed by atoms with E-state index in [0.29, 0.717) is 36.8 Å². The number of benzene rings is 2. The molecule has 0 radical (unpaired) electrons. The normalized spacial score (nSPS) is 25.9. The van der Waals surface area contributed by atoms with Gasteiger partial charge in [-0.25, -0.2) is 0 Å². The zero-order chi connectivity index (χ0) is 21.5. The Labute approximate surface area is 176 Å². The van der Waals surface area contributed by atoms with Gasteiger partial charge in [-0.2, -0.15) is 5.26 Å². The van der Waals surface area contributed by atoms with Gasteiger partial charge >= 0.3 is 5.97 Å². The second-order valence-electron chi connectivity index (χ2n) is 8.36. The van der Waals surface area contributed by atoms with E-state index >= 15 is 0 Å². The van der Waals surface area contributed by atoms with Crippen molar-refractivity contribution >= 4 is 11.8 Å². The first kappa shape index (κ1) is 20.3. The van der Waals surface area contributed by atoms with Crippen molar-refractivity contribution in [3.63, 3.8) is 0 Å². The summed E-state index contributed by atoms with van der Waals surface area (Å²) >= 11 is 0. The molecule has 5 heteroatoms. The van der Waals surface area contributed by atoms with Gasteiger partial charge in [0.15, 0.2) is 11.4 Å². The lowest BCUT2D eigenvalue weighted by Crippen LogP contribution is -2.42. The van der Waals surface area contributed by atoms with E-state index in [1.807, 2.05) is 44.2 Å². The SMILES string of the molecule is COC1CCC2(CC1)OC(=O)C(c1cc(C)c(-c3cccc(C#N)c3)cc1C)C2=O. The van der Waals surface area contributed by atoms with Crippen LogP contribution in [-0.2, 0) is 19.1 Å². The zero-order valence-electron chi connectivity index (χ0n) is 17.5. The molecule has 154 valence electrons. The largest absolute Gasteiger partial charge is 0.450 e. The third-order valence-electron chi connectivity index (χ3n) is 6.54. The van der Waals surface area contributed by atoms with Crippen LogP contribution >= 0.6 is 0 Å². The molecular formula is C25H25NO4. The quantitative estimate of drug-likeness (QED) is 0.561. The Bertz CT molecular complexity index is 1060. The molecule has 1 saturated carbocycles. The maximum Gasteiger partial charge on any atom is 0.322 e. The first-order valence-electron chi connectivity index (χ1n) is 10.3. The van der Waals surface area contributed by atoms with E-state index < -0.39 is 17.5 Å². The molecule has 2 aromatic rings. The Kier molecular flexibility index (Phi) is 5.21. The van der Waals surface area contributed by atoms with Gasteiger partial charge in [0.2, 0.25) is 0 Å². The molecule has 1 spiro atoms. The number of Topliss-reactive ketones (excluding diaryl/α,β-unsaturated/α-hetero) is 1. The maximum absolute atomic E-state index is 13.4. The molecule has 1 aliphatic carbocycles. The van der Waals surface area contributed by atoms with Crippen LogP contribution in [0.15, 0.2) is 36.4 Å². The third-order valence-corrected chi connectivity index (χ3v) is 6.54. The number of rotatable bonds is 3. The highest BCUT2D eigenvalue weighted by Gasteiger charge is 2.56. The Morgan fingerprint density at radius 2 is 1.83 bits per heavy atom. The summed E-state index contributed by atoms with van der Waals surface area (Å²) in [6, 6.07) is 13.5. The summed E-state index contributed by atoms with van der Waals surface area (Å²) in [5.74, 6) is -1.44. The molecule has 1 aliphatic heterocycles. The molecule has 1 heterocycles. The number of esters is 1. The number of carbonyl (C=O) groups is 2. The second-order valence-corrected chi connectivity index (χ2v) is 8.36. The Morgan fingerprint density at radius 1 is 1.10 bits per heavy atom. The molecule has 2 fully saturated rings. The van der Waals surface area contributed by atoms with E-state index in [2.05, 4.69) is 6.07 Å². The smallest absolute Gasteiger partial charge is 0.322 e. The topological polar surface area (TPSA) is 76.4 Å². The third kappa shape index (κ3) is 3.32. The number of hydrogen-bond acceptors (Lipinski definition) is 5. The van der Waals surface area contributed by atoms with Crippen LogP contribution in [0.2, 0.25) is 0 Å². The number of nitriles is 1. The summed E-state index contributed by atoms with van der Waals surface area (Å²) in [5.41, 5.74) is 4.06. The summed E-state index contributed by atoms with van der Waals surface area (Å²) in [6.45, 7) is 3.88. The molecular weight excluding hydrogens is 378 g/mol. The molecule has 4 rings (SSSR count). The lowest BCUT2D eigenvalue weighted by atomic mass is 9.76. The molecule has 1 saturated heterocycles. The van der Waals surface area contributed by atoms with Crippen molar-refractivity contribution in [1.82, 2.24) is 0 Å². The first-order valence-corrected chi connectivity index (χ1v) is 10.3. The minimum Gasteiger partial charge on any atom is -0.450 e. The van der Waals surface area contributed by atoms with Gasteiger partial charge in [0, 0.05) is 7.11 Å². The van der Waals surface area contributed by atoms with Gasteiger partial charge in [-0.15, -0.1) is 0 Å². The number of ketones is 1. The summed E-state index contributed by atoms with van der Waals surface area (Å²) in [7, 11) is 1.67. The van der Waals surface area contributed by atoms with Crippen LogP contribution in [0.25, 0.3) is 11.1 Å². The van der Waals surface area contributed by atoms with Crippen molar-refractivity contribution in [2.75, 3.05) is 7.11 Å². The van der Waals surface area contributed by atoms with Crippen molar-refractivity contribution in [3.8, 4) is 17.2 Å². The molecule has 2 aromatic carbocycles. The van der Waals surface area contributed by atoms with E-state index in [0.717, 1.165) is 22.3 Å². The van der Waals surface area contributed by atoms with Gasteiger partial charge in [0.1, 0.15) is 5.92 Å². The molecule has 0 bridgehead atoms. The highest BCUT2D eigenvalue weighted by molar-refractivity contribution is 6.14. The van der Waals surface area contributed by atoms with Crippen molar-refractivity contribution in [2.24, 2.45) is 0 Å². The molecule has 5 nitrogen and oxygen atoms in total. The van der Waals surface area contributed by atoms with Crippen LogP contribution in [-0.4, -0.2) is 30.6 Å². The van der Waals surface area contributed by atoms with E-state index in [4.69, 9.17) is 9.47 Å². The molecule has 30 heavy (non-hydrogen) atoms. The second kappa shape index (κ2) is 7.70. The predicted octanol–water partition coefficient (Wildman–Crippen LogP) is 4.38. The highest BCUT2D eigenvalue weighted by atomic mass is 16.6. The summed E-state index contributed by atoms with van der Waals surface area (Å²) in [4.78, 5) is 26.2. The maximum atomic E-state index is 13.4. The lowest BCUT2D eigenvalue weighted by molar-refractivity contribution is -0.157. The molecule has 0 amide bonds. The lowest BCUT2D eigenvalue weighted by Gasteiger charge is -2.33. The number of nitrogens with zero attached hydrogens (tertiary/aromatic N) is 1. The number of ether oxygens (including phenoxy) is 2. The summed E-state index contributed by atoms with van der Waals surface area (Å²) in [6.07, 6.45) is 2.59. The van der Waals surface area contributed by atoms with Crippen LogP contribution in [0, 0.1) is 25.2 Å². The molecule has 1 atom stereocenters. The van der Waals surface area contributed by atoms with Crippen molar-refractivity contribution in [1.29, 1.82) is 5.26 Å². The number of carbonyl (C=O) groups excluding carboxylic acids is 2. The summed E-state index contributed by atoms with van der Waals surface area (Å²) < 4.78 is 11.1. The van der Waals surface area contributed by atoms with E-state index in [9.17, 15) is 14.9 Å². The Balaban J connectivity index is 1.68. The molecule has 0 N–H and O–H groups in total. The molecule has 0 aromatic heterocycles. The van der Waals surface area contributed by atoms with Crippen LogP contribution in [0.4, 0.5) is 0 Å². The van der Waals surface area contributed by atoms with Crippen LogP contribution in [0.1, 0.15) is 53.9 Å². The van der Waals surface area contributed by atoms with Crippen molar-refractivity contribution < 1.29 is 19.1 Å². The van der Waals surface area contributed by atoms with Gasteiger partial charge in [-0.1, -0.05) is 24.3 Å². The van der Waals surface area contributed by atoms with E-state index in [1.54, 1.807) is 13.2 Å². The van der Waals surface area contributed by atoms with Gasteiger partial charge in [-0.3, -0.25) is 9.59 Å².